The molecule has 1 fully saturated rings. The summed E-state index contributed by atoms with van der Waals surface area (Å²) in [5, 5.41) is 4.26. The largest absolute Gasteiger partial charge is 0.314 e. The lowest BCUT2D eigenvalue weighted by Gasteiger charge is -2.43. The Morgan fingerprint density at radius 2 is 1.56 bits per heavy atom. The number of nitrogens with zero attached hydrogens (tertiary/aromatic N) is 1. The van der Waals surface area contributed by atoms with Gasteiger partial charge >= 0.3 is 0 Å². The molecule has 1 aliphatic heterocycles. The number of piperazine rings is 1. The van der Waals surface area contributed by atoms with Crippen LogP contribution in [0.25, 0.3) is 0 Å². The van der Waals surface area contributed by atoms with Crippen LogP contribution < -0.4 is 5.32 Å². The van der Waals surface area contributed by atoms with Gasteiger partial charge in [0, 0.05) is 47.0 Å². The van der Waals surface area contributed by atoms with E-state index in [0.717, 1.165) is 31.2 Å². The highest BCUT2D eigenvalue weighted by Gasteiger charge is 2.33. The molecule has 150 valence electrons. The number of hydrogen-bond donors (Lipinski definition) is 1. The SMILES string of the molecule is CC(C)(C)[C@H](c1ccccc1Sc1ccc(Cl)cc1)N1CCNCC1.Cl.Cl. The average molecular weight is 448 g/mol. The third-order valence-corrected chi connectivity index (χ3v) is 5.94. The fraction of sp³-hybridized carbons (Fsp3) is 0.429. The molecule has 27 heavy (non-hydrogen) atoms. The molecule has 0 unspecified atom stereocenters. The quantitative estimate of drug-likeness (QED) is 0.589. The Balaban J connectivity index is 0.00000182. The lowest BCUT2D eigenvalue weighted by atomic mass is 9.81. The van der Waals surface area contributed by atoms with Crippen LogP contribution in [0.4, 0.5) is 0 Å². The first kappa shape index (κ1) is 24.6. The molecule has 1 N–H and O–H groups in total. The van der Waals surface area contributed by atoms with Gasteiger partial charge in [-0.05, 0) is 41.3 Å². The van der Waals surface area contributed by atoms with Crippen LogP contribution in [0.2, 0.25) is 5.02 Å². The summed E-state index contributed by atoms with van der Waals surface area (Å²) in [5.41, 5.74) is 1.60. The van der Waals surface area contributed by atoms with Gasteiger partial charge in [-0.3, -0.25) is 4.90 Å². The summed E-state index contributed by atoms with van der Waals surface area (Å²) in [5.74, 6) is 0. The molecule has 2 nitrogen and oxygen atoms in total. The second kappa shape index (κ2) is 10.9. The summed E-state index contributed by atoms with van der Waals surface area (Å²) in [6, 6.07) is 17.4. The fourth-order valence-corrected chi connectivity index (χ4v) is 4.68. The van der Waals surface area contributed by atoms with Crippen LogP contribution in [0.1, 0.15) is 32.4 Å². The Kier molecular flexibility index (Phi) is 9.98. The standard InChI is InChI=1S/C21H27ClN2S.2ClH/c1-21(2,3)20(24-14-12-23-13-15-24)18-6-4-5-7-19(18)25-17-10-8-16(22)9-11-17;;/h4-11,20,23H,12-15H2,1-3H3;2*1H/t20-;;/m0../s1. The van der Waals surface area contributed by atoms with Crippen molar-refractivity contribution in [3.8, 4) is 0 Å². The predicted molar refractivity (Wildman–Crippen MR) is 123 cm³/mol. The van der Waals surface area contributed by atoms with E-state index in [4.69, 9.17) is 11.6 Å². The second-order valence-corrected chi connectivity index (χ2v) is 9.20. The molecule has 0 spiro atoms. The van der Waals surface area contributed by atoms with Crippen molar-refractivity contribution < 1.29 is 0 Å². The molecule has 0 aromatic heterocycles. The van der Waals surface area contributed by atoms with E-state index in [9.17, 15) is 0 Å². The molecule has 2 aromatic rings. The van der Waals surface area contributed by atoms with E-state index in [2.05, 4.69) is 67.4 Å². The zero-order valence-corrected chi connectivity index (χ0v) is 19.3. The highest BCUT2D eigenvalue weighted by Crippen LogP contribution is 2.43. The minimum absolute atomic E-state index is 0. The zero-order chi connectivity index (χ0) is 17.9. The van der Waals surface area contributed by atoms with Gasteiger partial charge in [0.15, 0.2) is 0 Å². The van der Waals surface area contributed by atoms with Crippen molar-refractivity contribution in [1.82, 2.24) is 10.2 Å². The Labute approximate surface area is 185 Å². The van der Waals surface area contributed by atoms with Gasteiger partial charge in [-0.2, -0.15) is 0 Å². The van der Waals surface area contributed by atoms with Crippen molar-refractivity contribution in [2.24, 2.45) is 5.41 Å². The maximum atomic E-state index is 6.04. The average Bonchev–Trinajstić information content (AvgIpc) is 2.58. The van der Waals surface area contributed by atoms with Gasteiger partial charge in [0.1, 0.15) is 0 Å². The summed E-state index contributed by atoms with van der Waals surface area (Å²) in [6.45, 7) is 11.4. The molecule has 3 rings (SSSR count). The smallest absolute Gasteiger partial charge is 0.0408 e. The van der Waals surface area contributed by atoms with E-state index in [1.165, 1.54) is 15.4 Å². The molecule has 1 atom stereocenters. The van der Waals surface area contributed by atoms with Gasteiger partial charge in [0.2, 0.25) is 0 Å². The first-order valence-corrected chi connectivity index (χ1v) is 10.1. The van der Waals surface area contributed by atoms with Crippen LogP contribution in [0.5, 0.6) is 0 Å². The fourth-order valence-electron chi connectivity index (χ4n) is 3.58. The first-order valence-electron chi connectivity index (χ1n) is 8.92. The van der Waals surface area contributed by atoms with Gasteiger partial charge < -0.3 is 5.32 Å². The molecule has 6 heteroatoms. The van der Waals surface area contributed by atoms with Crippen molar-refractivity contribution in [2.75, 3.05) is 26.2 Å². The Morgan fingerprint density at radius 1 is 0.963 bits per heavy atom. The van der Waals surface area contributed by atoms with E-state index < -0.39 is 0 Å². The number of halogens is 3. The molecule has 1 heterocycles. The van der Waals surface area contributed by atoms with Crippen molar-refractivity contribution in [2.45, 2.75) is 36.6 Å². The Bertz CT molecular complexity index is 695. The maximum absolute atomic E-state index is 6.04. The Hall–Kier alpha value is -0.420. The predicted octanol–water partition coefficient (Wildman–Crippen LogP) is 6.33. The summed E-state index contributed by atoms with van der Waals surface area (Å²) < 4.78 is 0. The minimum atomic E-state index is 0. The van der Waals surface area contributed by atoms with E-state index >= 15 is 0 Å². The van der Waals surface area contributed by atoms with Crippen molar-refractivity contribution >= 4 is 48.2 Å². The Morgan fingerprint density at radius 3 is 2.15 bits per heavy atom. The number of hydrogen-bond acceptors (Lipinski definition) is 3. The number of nitrogens with one attached hydrogen (secondary N) is 1. The third kappa shape index (κ3) is 6.56. The molecule has 2 aromatic carbocycles. The van der Waals surface area contributed by atoms with Crippen LogP contribution in [-0.4, -0.2) is 31.1 Å². The van der Waals surface area contributed by atoms with Crippen LogP contribution >= 0.6 is 48.2 Å². The monoisotopic (exact) mass is 446 g/mol. The van der Waals surface area contributed by atoms with Crippen molar-refractivity contribution in [1.29, 1.82) is 0 Å². The van der Waals surface area contributed by atoms with Gasteiger partial charge in [-0.1, -0.05) is 62.3 Å². The molecule has 0 amide bonds. The summed E-state index contributed by atoms with van der Waals surface area (Å²) in [6.07, 6.45) is 0. The topological polar surface area (TPSA) is 15.3 Å². The lowest BCUT2D eigenvalue weighted by Crippen LogP contribution is -2.48. The molecule has 0 bridgehead atoms. The van der Waals surface area contributed by atoms with Gasteiger partial charge in [0.05, 0.1) is 0 Å². The normalized spacial score (nSPS) is 16.1. The van der Waals surface area contributed by atoms with E-state index in [0.29, 0.717) is 6.04 Å². The van der Waals surface area contributed by atoms with E-state index in [1.807, 2.05) is 23.9 Å². The molecular formula is C21H29Cl3N2S. The van der Waals surface area contributed by atoms with Crippen LogP contribution in [-0.2, 0) is 0 Å². The van der Waals surface area contributed by atoms with E-state index in [-0.39, 0.29) is 30.2 Å². The molecule has 0 saturated carbocycles. The van der Waals surface area contributed by atoms with Crippen molar-refractivity contribution in [3.05, 3.63) is 59.1 Å². The van der Waals surface area contributed by atoms with E-state index in [1.54, 1.807) is 0 Å². The molecular weight excluding hydrogens is 419 g/mol. The summed E-state index contributed by atoms with van der Waals surface area (Å²) in [4.78, 5) is 5.20. The molecule has 0 aliphatic carbocycles. The number of rotatable bonds is 4. The minimum Gasteiger partial charge on any atom is -0.314 e. The lowest BCUT2D eigenvalue weighted by molar-refractivity contribution is 0.0844. The highest BCUT2D eigenvalue weighted by molar-refractivity contribution is 7.99. The third-order valence-electron chi connectivity index (χ3n) is 4.59. The first-order chi connectivity index (χ1) is 11.9. The molecule has 0 radical (unpaired) electrons. The van der Waals surface area contributed by atoms with Gasteiger partial charge in [-0.25, -0.2) is 0 Å². The van der Waals surface area contributed by atoms with Crippen molar-refractivity contribution in [3.63, 3.8) is 0 Å². The van der Waals surface area contributed by atoms with Crippen LogP contribution in [0.3, 0.4) is 0 Å². The molecule has 1 saturated heterocycles. The zero-order valence-electron chi connectivity index (χ0n) is 16.1. The van der Waals surface area contributed by atoms with Gasteiger partial charge in [-0.15, -0.1) is 24.8 Å². The van der Waals surface area contributed by atoms with Crippen LogP contribution in [0.15, 0.2) is 58.3 Å². The second-order valence-electron chi connectivity index (χ2n) is 7.65. The summed E-state index contributed by atoms with van der Waals surface area (Å²) in [7, 11) is 0. The highest BCUT2D eigenvalue weighted by atomic mass is 35.5. The summed E-state index contributed by atoms with van der Waals surface area (Å²) >= 11 is 7.87. The maximum Gasteiger partial charge on any atom is 0.0408 e. The number of benzene rings is 2. The van der Waals surface area contributed by atoms with Gasteiger partial charge in [0.25, 0.3) is 0 Å². The van der Waals surface area contributed by atoms with Crippen LogP contribution in [0, 0.1) is 5.41 Å². The molecule has 1 aliphatic rings.